The maximum Gasteiger partial charge on any atom is 0.335 e. The Bertz CT molecular complexity index is 773. The average Bonchev–Trinajstić information content (AvgIpc) is 2.73. The minimum absolute atomic E-state index is 0.120. The molecule has 0 spiro atoms. The van der Waals surface area contributed by atoms with Gasteiger partial charge in [0.1, 0.15) is 10.7 Å². The highest BCUT2D eigenvalue weighted by Crippen LogP contribution is 2.26. The SMILES string of the molecule is Cc1nsc(NS(=O)(=O)c2cc(C(=O)O)ccc2Br)n1. The van der Waals surface area contributed by atoms with Gasteiger partial charge in [0, 0.05) is 16.0 Å². The summed E-state index contributed by atoms with van der Waals surface area (Å²) in [5.74, 6) is -0.758. The first kappa shape index (κ1) is 14.9. The fraction of sp³-hybridized carbons (Fsp3) is 0.100. The normalized spacial score (nSPS) is 11.3. The molecule has 20 heavy (non-hydrogen) atoms. The lowest BCUT2D eigenvalue weighted by molar-refractivity contribution is 0.0696. The summed E-state index contributed by atoms with van der Waals surface area (Å²) in [5.41, 5.74) is -0.123. The van der Waals surface area contributed by atoms with E-state index >= 15 is 0 Å². The molecule has 2 rings (SSSR count). The van der Waals surface area contributed by atoms with Crippen molar-refractivity contribution in [3.63, 3.8) is 0 Å². The van der Waals surface area contributed by atoms with Gasteiger partial charge in [0.2, 0.25) is 5.13 Å². The van der Waals surface area contributed by atoms with Crippen LogP contribution in [-0.2, 0) is 10.0 Å². The van der Waals surface area contributed by atoms with Gasteiger partial charge in [-0.05, 0) is 41.1 Å². The Morgan fingerprint density at radius 1 is 1.45 bits per heavy atom. The third kappa shape index (κ3) is 3.14. The van der Waals surface area contributed by atoms with Crippen LogP contribution >= 0.6 is 27.5 Å². The molecule has 1 heterocycles. The van der Waals surface area contributed by atoms with Crippen LogP contribution in [0.5, 0.6) is 0 Å². The largest absolute Gasteiger partial charge is 0.478 e. The van der Waals surface area contributed by atoms with Crippen LogP contribution in [0, 0.1) is 6.92 Å². The van der Waals surface area contributed by atoms with E-state index in [1.807, 2.05) is 0 Å². The van der Waals surface area contributed by atoms with E-state index in [0.29, 0.717) is 5.82 Å². The number of hydrogen-bond acceptors (Lipinski definition) is 6. The van der Waals surface area contributed by atoms with Gasteiger partial charge >= 0.3 is 5.97 Å². The Balaban J connectivity index is 2.43. The van der Waals surface area contributed by atoms with Crippen molar-refractivity contribution >= 4 is 48.6 Å². The van der Waals surface area contributed by atoms with Gasteiger partial charge in [-0.25, -0.2) is 18.2 Å². The summed E-state index contributed by atoms with van der Waals surface area (Å²) in [6, 6.07) is 3.74. The molecule has 0 aliphatic heterocycles. The van der Waals surface area contributed by atoms with Crippen molar-refractivity contribution < 1.29 is 18.3 Å². The fourth-order valence-corrected chi connectivity index (χ4v) is 4.14. The summed E-state index contributed by atoms with van der Waals surface area (Å²) < 4.78 is 30.8. The van der Waals surface area contributed by atoms with E-state index < -0.39 is 16.0 Å². The predicted molar refractivity (Wildman–Crippen MR) is 76.6 cm³/mol. The van der Waals surface area contributed by atoms with Crippen LogP contribution < -0.4 is 4.72 Å². The van der Waals surface area contributed by atoms with Gasteiger partial charge in [-0.2, -0.15) is 4.37 Å². The number of carboxylic acid groups (broad SMARTS) is 1. The summed E-state index contributed by atoms with van der Waals surface area (Å²) in [4.78, 5) is 14.6. The zero-order valence-electron chi connectivity index (χ0n) is 9.99. The van der Waals surface area contributed by atoms with E-state index in [0.717, 1.165) is 17.6 Å². The highest BCUT2D eigenvalue weighted by Gasteiger charge is 2.21. The minimum Gasteiger partial charge on any atom is -0.478 e. The molecule has 0 aliphatic carbocycles. The summed E-state index contributed by atoms with van der Waals surface area (Å²) >= 11 is 3.99. The van der Waals surface area contributed by atoms with Gasteiger partial charge in [-0.15, -0.1) is 0 Å². The van der Waals surface area contributed by atoms with Crippen molar-refractivity contribution in [3.8, 4) is 0 Å². The quantitative estimate of drug-likeness (QED) is 0.844. The first-order valence-corrected chi connectivity index (χ1v) is 8.20. The smallest absolute Gasteiger partial charge is 0.335 e. The number of aromatic nitrogens is 2. The number of sulfonamides is 1. The predicted octanol–water partition coefficient (Wildman–Crippen LogP) is 2.11. The maximum absolute atomic E-state index is 12.2. The molecule has 1 aromatic heterocycles. The number of nitrogens with zero attached hydrogens (tertiary/aromatic N) is 2. The summed E-state index contributed by atoms with van der Waals surface area (Å²) in [7, 11) is -3.94. The van der Waals surface area contributed by atoms with Crippen LogP contribution in [0.1, 0.15) is 16.2 Å². The van der Waals surface area contributed by atoms with Gasteiger partial charge in [-0.3, -0.25) is 4.72 Å². The minimum atomic E-state index is -3.94. The number of aryl methyl sites for hydroxylation is 1. The Kier molecular flexibility index (Phi) is 4.06. The Morgan fingerprint density at radius 2 is 2.15 bits per heavy atom. The molecule has 0 radical (unpaired) electrons. The molecule has 0 saturated carbocycles. The molecule has 0 bridgehead atoms. The Morgan fingerprint density at radius 3 is 2.70 bits per heavy atom. The number of aromatic carboxylic acids is 1. The standard InChI is InChI=1S/C10H8BrN3O4S2/c1-5-12-10(19-13-5)14-20(17,18)8-4-6(9(15)16)2-3-7(8)11/h2-4H,1H3,(H,15,16)(H,12,13,14). The van der Waals surface area contributed by atoms with Crippen LogP contribution in [0.25, 0.3) is 0 Å². The summed E-state index contributed by atoms with van der Waals surface area (Å²) in [6.45, 7) is 1.63. The van der Waals surface area contributed by atoms with Crippen LogP contribution in [0.2, 0.25) is 0 Å². The topological polar surface area (TPSA) is 109 Å². The van der Waals surface area contributed by atoms with Crippen molar-refractivity contribution in [2.45, 2.75) is 11.8 Å². The lowest BCUT2D eigenvalue weighted by Gasteiger charge is -2.07. The van der Waals surface area contributed by atoms with Crippen molar-refractivity contribution in [2.75, 3.05) is 4.72 Å². The first-order valence-electron chi connectivity index (χ1n) is 5.15. The molecule has 0 unspecified atom stereocenters. The molecule has 1 aromatic carbocycles. The average molecular weight is 378 g/mol. The highest BCUT2D eigenvalue weighted by atomic mass is 79.9. The zero-order valence-corrected chi connectivity index (χ0v) is 13.2. The number of benzene rings is 1. The number of halogens is 1. The van der Waals surface area contributed by atoms with Gasteiger partial charge < -0.3 is 5.11 Å². The van der Waals surface area contributed by atoms with Crippen LogP contribution in [-0.4, -0.2) is 28.9 Å². The Hall–Kier alpha value is -1.52. The highest BCUT2D eigenvalue weighted by molar-refractivity contribution is 9.10. The second kappa shape index (κ2) is 5.46. The number of carbonyl (C=O) groups is 1. The second-order valence-corrected chi connectivity index (χ2v) is 6.96. The second-order valence-electron chi connectivity index (χ2n) is 3.70. The monoisotopic (exact) mass is 377 g/mol. The Labute approximate surface area is 127 Å². The van der Waals surface area contributed by atoms with Gasteiger partial charge in [0.25, 0.3) is 10.0 Å². The molecule has 0 fully saturated rings. The van der Waals surface area contributed by atoms with Crippen LogP contribution in [0.3, 0.4) is 0 Å². The molecule has 0 amide bonds. The number of hydrogen-bond donors (Lipinski definition) is 2. The molecule has 2 N–H and O–H groups in total. The molecule has 10 heteroatoms. The van der Waals surface area contributed by atoms with E-state index in [2.05, 4.69) is 30.0 Å². The molecule has 0 atom stereocenters. The van der Waals surface area contributed by atoms with E-state index in [4.69, 9.17) is 5.11 Å². The van der Waals surface area contributed by atoms with E-state index in [9.17, 15) is 13.2 Å². The molecule has 2 aromatic rings. The van der Waals surface area contributed by atoms with Gasteiger partial charge in [0.05, 0.1) is 5.56 Å². The molecule has 106 valence electrons. The molecule has 0 saturated heterocycles. The van der Waals surface area contributed by atoms with Crippen LogP contribution in [0.15, 0.2) is 27.6 Å². The lowest BCUT2D eigenvalue weighted by Crippen LogP contribution is -2.14. The number of rotatable bonds is 4. The summed E-state index contributed by atoms with van der Waals surface area (Å²) in [6.07, 6.45) is 0. The number of carboxylic acids is 1. The van der Waals surface area contributed by atoms with Crippen molar-refractivity contribution in [2.24, 2.45) is 0 Å². The van der Waals surface area contributed by atoms with E-state index in [1.165, 1.54) is 12.1 Å². The number of nitrogens with one attached hydrogen (secondary N) is 1. The fourth-order valence-electron chi connectivity index (χ4n) is 1.35. The third-order valence-electron chi connectivity index (χ3n) is 2.22. The van der Waals surface area contributed by atoms with Crippen molar-refractivity contribution in [1.82, 2.24) is 9.36 Å². The van der Waals surface area contributed by atoms with Crippen molar-refractivity contribution in [1.29, 1.82) is 0 Å². The molecule has 0 aliphatic rings. The maximum atomic E-state index is 12.2. The molecule has 7 nitrogen and oxygen atoms in total. The molecular formula is C10H8BrN3O4S2. The van der Waals surface area contributed by atoms with E-state index in [1.54, 1.807) is 6.92 Å². The zero-order chi connectivity index (χ0) is 14.9. The van der Waals surface area contributed by atoms with Gasteiger partial charge in [0.15, 0.2) is 0 Å². The first-order chi connectivity index (χ1) is 9.29. The lowest BCUT2D eigenvalue weighted by atomic mass is 10.2. The van der Waals surface area contributed by atoms with Gasteiger partial charge in [-0.1, -0.05) is 0 Å². The van der Waals surface area contributed by atoms with Crippen LogP contribution in [0.4, 0.5) is 5.13 Å². The van der Waals surface area contributed by atoms with Crippen molar-refractivity contribution in [3.05, 3.63) is 34.1 Å². The third-order valence-corrected chi connectivity index (χ3v) is 5.40. The number of anilines is 1. The molecular weight excluding hydrogens is 370 g/mol. The summed E-state index contributed by atoms with van der Waals surface area (Å²) in [5, 5.41) is 9.03. The van der Waals surface area contributed by atoms with E-state index in [-0.39, 0.29) is 20.1 Å².